The molecule has 6 heteroatoms. The zero-order chi connectivity index (χ0) is 19.3. The molecule has 0 radical (unpaired) electrons. The van der Waals surface area contributed by atoms with Gasteiger partial charge in [0, 0.05) is 38.8 Å². The van der Waals surface area contributed by atoms with Crippen molar-refractivity contribution in [3.63, 3.8) is 0 Å². The van der Waals surface area contributed by atoms with Crippen LogP contribution in [-0.2, 0) is 11.2 Å². The van der Waals surface area contributed by atoms with Crippen LogP contribution in [0, 0.1) is 0 Å². The Morgan fingerprint density at radius 2 is 1.64 bits per heavy atom. The Labute approximate surface area is 167 Å². The molecule has 1 amide bonds. The van der Waals surface area contributed by atoms with E-state index < -0.39 is 0 Å². The lowest BCUT2D eigenvalue weighted by atomic mass is 10.0. The Morgan fingerprint density at radius 1 is 0.929 bits per heavy atom. The van der Waals surface area contributed by atoms with E-state index in [4.69, 9.17) is 0 Å². The molecule has 3 heterocycles. The summed E-state index contributed by atoms with van der Waals surface area (Å²) in [6, 6.07) is 14.7. The topological polar surface area (TPSA) is 52.6 Å². The first-order chi connectivity index (χ1) is 13.7. The number of nitrogens with zero attached hydrogens (tertiary/aromatic N) is 5. The van der Waals surface area contributed by atoms with Gasteiger partial charge in [-0.1, -0.05) is 30.3 Å². The molecule has 2 fully saturated rings. The summed E-state index contributed by atoms with van der Waals surface area (Å²) >= 11 is 0. The maximum atomic E-state index is 12.5. The van der Waals surface area contributed by atoms with Gasteiger partial charge in [-0.2, -0.15) is 0 Å². The average Bonchev–Trinajstić information content (AvgIpc) is 2.75. The fourth-order valence-corrected chi connectivity index (χ4v) is 4.15. The summed E-state index contributed by atoms with van der Waals surface area (Å²) in [5.74, 6) is 2.09. The normalized spacial score (nSPS) is 20.3. The molecule has 2 saturated heterocycles. The predicted octanol–water partition coefficient (Wildman–Crippen LogP) is 2.75. The quantitative estimate of drug-likeness (QED) is 0.818. The molecule has 1 aromatic carbocycles. The lowest BCUT2D eigenvalue weighted by Crippen LogP contribution is -2.49. The Morgan fingerprint density at radius 3 is 2.32 bits per heavy atom. The lowest BCUT2D eigenvalue weighted by Gasteiger charge is -2.36. The fraction of sp³-hybridized carbons (Fsp3) is 0.500. The Bertz CT molecular complexity index is 771. The van der Waals surface area contributed by atoms with Gasteiger partial charge < -0.3 is 14.7 Å². The number of aromatic nitrogens is 2. The van der Waals surface area contributed by atoms with E-state index in [1.807, 2.05) is 35.2 Å². The summed E-state index contributed by atoms with van der Waals surface area (Å²) < 4.78 is 0. The SMILES string of the molecule is CC1CCCCN1c1ccc(N2CCN(C(=O)Cc3ccccc3)CC2)nn1. The smallest absolute Gasteiger partial charge is 0.227 e. The number of rotatable bonds is 4. The standard InChI is InChI=1S/C22H29N5O/c1-18-7-5-6-12-27(18)21-11-10-20(23-24-21)25-13-15-26(16-14-25)22(28)17-19-8-3-2-4-9-19/h2-4,8-11,18H,5-7,12-17H2,1H3. The largest absolute Gasteiger partial charge is 0.352 e. The van der Waals surface area contributed by atoms with Crippen molar-refractivity contribution in [3.05, 3.63) is 48.0 Å². The van der Waals surface area contributed by atoms with E-state index in [0.29, 0.717) is 12.5 Å². The number of hydrogen-bond acceptors (Lipinski definition) is 5. The predicted molar refractivity (Wildman–Crippen MR) is 112 cm³/mol. The summed E-state index contributed by atoms with van der Waals surface area (Å²) in [6.07, 6.45) is 4.23. The summed E-state index contributed by atoms with van der Waals surface area (Å²) in [6.45, 7) is 6.40. The van der Waals surface area contributed by atoms with Crippen molar-refractivity contribution in [1.82, 2.24) is 15.1 Å². The molecule has 6 nitrogen and oxygen atoms in total. The molecule has 0 bridgehead atoms. The zero-order valence-corrected chi connectivity index (χ0v) is 16.6. The number of benzene rings is 1. The zero-order valence-electron chi connectivity index (χ0n) is 16.6. The van der Waals surface area contributed by atoms with Crippen molar-refractivity contribution >= 4 is 17.5 Å². The molecule has 1 unspecified atom stereocenters. The summed E-state index contributed by atoms with van der Waals surface area (Å²) in [7, 11) is 0. The van der Waals surface area contributed by atoms with Gasteiger partial charge in [0.2, 0.25) is 5.91 Å². The van der Waals surface area contributed by atoms with Crippen LogP contribution in [-0.4, -0.2) is 59.8 Å². The van der Waals surface area contributed by atoms with Gasteiger partial charge in [0.1, 0.15) is 0 Å². The molecule has 2 aliphatic heterocycles. The van der Waals surface area contributed by atoms with Gasteiger partial charge in [0.25, 0.3) is 0 Å². The third-order valence-electron chi connectivity index (χ3n) is 5.89. The van der Waals surface area contributed by atoms with Gasteiger partial charge in [-0.15, -0.1) is 10.2 Å². The van der Waals surface area contributed by atoms with Crippen molar-refractivity contribution in [2.45, 2.75) is 38.6 Å². The molecule has 28 heavy (non-hydrogen) atoms. The number of piperazine rings is 1. The highest BCUT2D eigenvalue weighted by molar-refractivity contribution is 5.79. The maximum Gasteiger partial charge on any atom is 0.227 e. The molecule has 1 atom stereocenters. The molecular weight excluding hydrogens is 350 g/mol. The number of hydrogen-bond donors (Lipinski definition) is 0. The van der Waals surface area contributed by atoms with E-state index in [1.54, 1.807) is 0 Å². The van der Waals surface area contributed by atoms with Crippen molar-refractivity contribution in [3.8, 4) is 0 Å². The van der Waals surface area contributed by atoms with E-state index in [-0.39, 0.29) is 5.91 Å². The molecule has 0 N–H and O–H groups in total. The van der Waals surface area contributed by atoms with Crippen LogP contribution in [0.2, 0.25) is 0 Å². The minimum absolute atomic E-state index is 0.200. The maximum absolute atomic E-state index is 12.5. The van der Waals surface area contributed by atoms with E-state index in [1.165, 1.54) is 19.3 Å². The monoisotopic (exact) mass is 379 g/mol. The number of amides is 1. The van der Waals surface area contributed by atoms with Crippen molar-refractivity contribution in [2.24, 2.45) is 0 Å². The molecule has 2 aliphatic rings. The molecule has 0 spiro atoms. The van der Waals surface area contributed by atoms with Gasteiger partial charge in [0.05, 0.1) is 6.42 Å². The molecule has 2 aromatic rings. The van der Waals surface area contributed by atoms with Crippen molar-refractivity contribution < 1.29 is 4.79 Å². The third kappa shape index (κ3) is 4.26. The van der Waals surface area contributed by atoms with Crippen LogP contribution in [0.1, 0.15) is 31.7 Å². The Hall–Kier alpha value is -2.63. The first-order valence-corrected chi connectivity index (χ1v) is 10.4. The van der Waals surface area contributed by atoms with E-state index in [9.17, 15) is 4.79 Å². The molecule has 1 aromatic heterocycles. The van der Waals surface area contributed by atoms with E-state index in [0.717, 1.165) is 49.9 Å². The highest BCUT2D eigenvalue weighted by atomic mass is 16.2. The molecule has 0 aliphatic carbocycles. The summed E-state index contributed by atoms with van der Waals surface area (Å²) in [5, 5.41) is 8.97. The second-order valence-corrected chi connectivity index (χ2v) is 7.82. The van der Waals surface area contributed by atoms with Crippen molar-refractivity contribution in [2.75, 3.05) is 42.5 Å². The summed E-state index contributed by atoms with van der Waals surface area (Å²) in [5.41, 5.74) is 1.07. The molecule has 0 saturated carbocycles. The van der Waals surface area contributed by atoms with Crippen LogP contribution >= 0.6 is 0 Å². The van der Waals surface area contributed by atoms with Gasteiger partial charge >= 0.3 is 0 Å². The van der Waals surface area contributed by atoms with E-state index in [2.05, 4.69) is 39.1 Å². The van der Waals surface area contributed by atoms with Crippen LogP contribution in [0.5, 0.6) is 0 Å². The van der Waals surface area contributed by atoms with Gasteiger partial charge in [-0.3, -0.25) is 4.79 Å². The van der Waals surface area contributed by atoms with Crippen LogP contribution in [0.3, 0.4) is 0 Å². The number of anilines is 2. The number of carbonyl (C=O) groups is 1. The first kappa shape index (κ1) is 18.7. The first-order valence-electron chi connectivity index (χ1n) is 10.4. The summed E-state index contributed by atoms with van der Waals surface area (Å²) in [4.78, 5) is 19.1. The Balaban J connectivity index is 1.31. The molecular formula is C22H29N5O. The molecule has 148 valence electrons. The van der Waals surface area contributed by atoms with E-state index >= 15 is 0 Å². The average molecular weight is 380 g/mol. The van der Waals surface area contributed by atoms with Gasteiger partial charge in [-0.05, 0) is 43.9 Å². The van der Waals surface area contributed by atoms with Crippen LogP contribution in [0.4, 0.5) is 11.6 Å². The highest BCUT2D eigenvalue weighted by Crippen LogP contribution is 2.23. The van der Waals surface area contributed by atoms with Crippen molar-refractivity contribution in [1.29, 1.82) is 0 Å². The minimum Gasteiger partial charge on any atom is -0.352 e. The third-order valence-corrected chi connectivity index (χ3v) is 5.89. The van der Waals surface area contributed by atoms with Crippen LogP contribution in [0.15, 0.2) is 42.5 Å². The second kappa shape index (κ2) is 8.59. The Kier molecular flexibility index (Phi) is 5.74. The molecule has 4 rings (SSSR count). The fourth-order valence-electron chi connectivity index (χ4n) is 4.15. The second-order valence-electron chi connectivity index (χ2n) is 7.82. The number of piperidine rings is 1. The minimum atomic E-state index is 0.200. The van der Waals surface area contributed by atoms with Crippen LogP contribution in [0.25, 0.3) is 0 Å². The van der Waals surface area contributed by atoms with Gasteiger partial charge in [0.15, 0.2) is 11.6 Å². The number of carbonyl (C=O) groups excluding carboxylic acids is 1. The highest BCUT2D eigenvalue weighted by Gasteiger charge is 2.23. The van der Waals surface area contributed by atoms with Gasteiger partial charge in [-0.25, -0.2) is 0 Å². The van der Waals surface area contributed by atoms with Crippen LogP contribution < -0.4 is 9.80 Å². The lowest BCUT2D eigenvalue weighted by molar-refractivity contribution is -0.130.